The van der Waals surface area contributed by atoms with Crippen molar-refractivity contribution in [1.29, 1.82) is 0 Å². The van der Waals surface area contributed by atoms with Crippen LogP contribution in [0.5, 0.6) is 0 Å². The lowest BCUT2D eigenvalue weighted by molar-refractivity contribution is 1.18. The first kappa shape index (κ1) is 12.6. The molecule has 2 aromatic carbocycles. The molecule has 0 bridgehead atoms. The molecule has 0 atom stereocenters. The van der Waals surface area contributed by atoms with Gasteiger partial charge in [-0.2, -0.15) is 0 Å². The van der Waals surface area contributed by atoms with Crippen LogP contribution in [0.15, 0.2) is 72.9 Å². The van der Waals surface area contributed by atoms with Crippen molar-refractivity contribution in [1.82, 2.24) is 4.98 Å². The summed E-state index contributed by atoms with van der Waals surface area (Å²) in [5.74, 6) is 0. The van der Waals surface area contributed by atoms with Crippen molar-refractivity contribution in [2.45, 2.75) is 13.3 Å². The van der Waals surface area contributed by atoms with E-state index in [4.69, 9.17) is 0 Å². The molecule has 98 valence electrons. The summed E-state index contributed by atoms with van der Waals surface area (Å²) in [5.41, 5.74) is 6.17. The Bertz CT molecular complexity index is 687. The van der Waals surface area contributed by atoms with E-state index in [-0.39, 0.29) is 0 Å². The third kappa shape index (κ3) is 2.94. The summed E-state index contributed by atoms with van der Waals surface area (Å²) in [6.07, 6.45) is 2.80. The topological polar surface area (TPSA) is 12.9 Å². The molecule has 0 aliphatic heterocycles. The van der Waals surface area contributed by atoms with Gasteiger partial charge in [-0.1, -0.05) is 48.0 Å². The Morgan fingerprint density at radius 1 is 0.800 bits per heavy atom. The predicted molar refractivity (Wildman–Crippen MR) is 83.7 cm³/mol. The third-order valence-corrected chi connectivity index (χ3v) is 3.35. The average molecular weight is 259 g/mol. The van der Waals surface area contributed by atoms with Gasteiger partial charge in [-0.05, 0) is 48.7 Å². The van der Waals surface area contributed by atoms with Gasteiger partial charge in [0.05, 0.1) is 5.69 Å². The van der Waals surface area contributed by atoms with Crippen LogP contribution in [0, 0.1) is 6.92 Å². The van der Waals surface area contributed by atoms with E-state index in [9.17, 15) is 0 Å². The quantitative estimate of drug-likeness (QED) is 0.667. The molecule has 1 aromatic heterocycles. The van der Waals surface area contributed by atoms with E-state index in [0.29, 0.717) is 0 Å². The van der Waals surface area contributed by atoms with Gasteiger partial charge in [0.25, 0.3) is 0 Å². The lowest BCUT2D eigenvalue weighted by Gasteiger charge is -2.08. The summed E-state index contributed by atoms with van der Waals surface area (Å²) < 4.78 is 0. The number of rotatable bonds is 3. The number of aryl methyl sites for hydroxylation is 1. The van der Waals surface area contributed by atoms with Crippen molar-refractivity contribution < 1.29 is 0 Å². The standard InChI is InChI=1S/C19H17N/c1-15-11-17(13-16-7-3-2-4-8-16)14-18(12-15)19-9-5-6-10-20-19/h2-12,14H,13H2,1H3. The van der Waals surface area contributed by atoms with Gasteiger partial charge in [-0.3, -0.25) is 4.98 Å². The van der Waals surface area contributed by atoms with Crippen molar-refractivity contribution in [3.63, 3.8) is 0 Å². The van der Waals surface area contributed by atoms with Crippen LogP contribution in [0.3, 0.4) is 0 Å². The number of pyridine rings is 1. The molecule has 0 aliphatic rings. The van der Waals surface area contributed by atoms with Gasteiger partial charge in [0, 0.05) is 11.8 Å². The Morgan fingerprint density at radius 3 is 2.35 bits per heavy atom. The summed E-state index contributed by atoms with van der Waals surface area (Å²) in [4.78, 5) is 4.44. The van der Waals surface area contributed by atoms with E-state index in [1.807, 2.05) is 18.3 Å². The summed E-state index contributed by atoms with van der Waals surface area (Å²) in [5, 5.41) is 0. The molecule has 0 N–H and O–H groups in total. The minimum atomic E-state index is 0.961. The largest absolute Gasteiger partial charge is 0.256 e. The second kappa shape index (κ2) is 5.70. The zero-order chi connectivity index (χ0) is 13.8. The third-order valence-electron chi connectivity index (χ3n) is 3.35. The molecular formula is C19H17N. The molecule has 0 spiro atoms. The van der Waals surface area contributed by atoms with Gasteiger partial charge < -0.3 is 0 Å². The normalized spacial score (nSPS) is 10.4. The number of nitrogens with zero attached hydrogens (tertiary/aromatic N) is 1. The van der Waals surface area contributed by atoms with Gasteiger partial charge in [-0.25, -0.2) is 0 Å². The lowest BCUT2D eigenvalue weighted by atomic mass is 9.99. The van der Waals surface area contributed by atoms with Crippen molar-refractivity contribution >= 4 is 0 Å². The first-order valence-electron chi connectivity index (χ1n) is 6.87. The Balaban J connectivity index is 1.95. The minimum Gasteiger partial charge on any atom is -0.256 e. The fourth-order valence-electron chi connectivity index (χ4n) is 2.48. The van der Waals surface area contributed by atoms with Crippen LogP contribution in [-0.4, -0.2) is 4.98 Å². The highest BCUT2D eigenvalue weighted by Crippen LogP contribution is 2.21. The van der Waals surface area contributed by atoms with Gasteiger partial charge in [-0.15, -0.1) is 0 Å². The van der Waals surface area contributed by atoms with Gasteiger partial charge in [0.15, 0.2) is 0 Å². The fraction of sp³-hybridized carbons (Fsp3) is 0.105. The Hall–Kier alpha value is -2.41. The van der Waals surface area contributed by atoms with Crippen LogP contribution in [0.1, 0.15) is 16.7 Å². The maximum Gasteiger partial charge on any atom is 0.0702 e. The molecule has 1 heterocycles. The first-order chi connectivity index (χ1) is 9.81. The molecule has 0 amide bonds. The zero-order valence-corrected chi connectivity index (χ0v) is 11.6. The maximum atomic E-state index is 4.44. The van der Waals surface area contributed by atoms with Crippen molar-refractivity contribution in [3.05, 3.63) is 89.6 Å². The van der Waals surface area contributed by atoms with E-state index in [0.717, 1.165) is 12.1 Å². The summed E-state index contributed by atoms with van der Waals surface area (Å²) >= 11 is 0. The molecule has 0 saturated heterocycles. The molecule has 0 fully saturated rings. The van der Waals surface area contributed by atoms with Crippen molar-refractivity contribution in [2.75, 3.05) is 0 Å². The second-order valence-corrected chi connectivity index (χ2v) is 5.08. The monoisotopic (exact) mass is 259 g/mol. The maximum absolute atomic E-state index is 4.44. The summed E-state index contributed by atoms with van der Waals surface area (Å²) in [6.45, 7) is 2.14. The zero-order valence-electron chi connectivity index (χ0n) is 11.6. The smallest absolute Gasteiger partial charge is 0.0702 e. The number of aromatic nitrogens is 1. The van der Waals surface area contributed by atoms with Crippen LogP contribution in [0.2, 0.25) is 0 Å². The Morgan fingerprint density at radius 2 is 1.60 bits per heavy atom. The highest BCUT2D eigenvalue weighted by Gasteiger charge is 2.03. The fourth-order valence-corrected chi connectivity index (χ4v) is 2.48. The molecule has 1 nitrogen and oxygen atoms in total. The number of hydrogen-bond donors (Lipinski definition) is 0. The first-order valence-corrected chi connectivity index (χ1v) is 6.87. The number of benzene rings is 2. The summed E-state index contributed by atoms with van der Waals surface area (Å²) in [7, 11) is 0. The van der Waals surface area contributed by atoms with E-state index >= 15 is 0 Å². The van der Waals surface area contributed by atoms with E-state index < -0.39 is 0 Å². The average Bonchev–Trinajstić information content (AvgIpc) is 2.49. The molecule has 3 rings (SSSR count). The second-order valence-electron chi connectivity index (χ2n) is 5.08. The van der Waals surface area contributed by atoms with E-state index in [1.165, 1.54) is 22.3 Å². The molecular weight excluding hydrogens is 242 g/mol. The SMILES string of the molecule is Cc1cc(Cc2ccccc2)cc(-c2ccccn2)c1. The highest BCUT2D eigenvalue weighted by molar-refractivity contribution is 5.61. The summed E-state index contributed by atoms with van der Waals surface area (Å²) in [6, 6.07) is 23.3. The molecule has 3 aromatic rings. The van der Waals surface area contributed by atoms with Gasteiger partial charge >= 0.3 is 0 Å². The van der Waals surface area contributed by atoms with E-state index in [1.54, 1.807) is 0 Å². The van der Waals surface area contributed by atoms with Gasteiger partial charge in [0.2, 0.25) is 0 Å². The van der Waals surface area contributed by atoms with Crippen LogP contribution in [-0.2, 0) is 6.42 Å². The predicted octanol–water partition coefficient (Wildman–Crippen LogP) is 4.65. The lowest BCUT2D eigenvalue weighted by Crippen LogP contribution is -1.91. The Kier molecular flexibility index (Phi) is 3.60. The minimum absolute atomic E-state index is 0.961. The molecule has 0 aliphatic carbocycles. The van der Waals surface area contributed by atoms with Crippen molar-refractivity contribution in [2.24, 2.45) is 0 Å². The van der Waals surface area contributed by atoms with Crippen molar-refractivity contribution in [3.8, 4) is 11.3 Å². The van der Waals surface area contributed by atoms with Crippen LogP contribution < -0.4 is 0 Å². The molecule has 0 saturated carbocycles. The van der Waals surface area contributed by atoms with E-state index in [2.05, 4.69) is 66.5 Å². The molecule has 1 heteroatoms. The molecule has 0 radical (unpaired) electrons. The highest BCUT2D eigenvalue weighted by atomic mass is 14.7. The van der Waals surface area contributed by atoms with Crippen LogP contribution in [0.4, 0.5) is 0 Å². The van der Waals surface area contributed by atoms with Crippen LogP contribution >= 0.6 is 0 Å². The van der Waals surface area contributed by atoms with Gasteiger partial charge in [0.1, 0.15) is 0 Å². The number of hydrogen-bond acceptors (Lipinski definition) is 1. The Labute approximate surface area is 119 Å². The molecule has 0 unspecified atom stereocenters. The molecule has 20 heavy (non-hydrogen) atoms. The van der Waals surface area contributed by atoms with Crippen LogP contribution in [0.25, 0.3) is 11.3 Å².